The molecule has 1 aromatic carbocycles. The van der Waals surface area contributed by atoms with Crippen LogP contribution >= 0.6 is 12.6 Å². The molecule has 0 bridgehead atoms. The summed E-state index contributed by atoms with van der Waals surface area (Å²) in [5.74, 6) is 0. The van der Waals surface area contributed by atoms with Gasteiger partial charge in [-0.25, -0.2) is 8.42 Å². The van der Waals surface area contributed by atoms with Gasteiger partial charge in [0.25, 0.3) is 5.24 Å². The monoisotopic (exact) mass is 259 g/mol. The van der Waals surface area contributed by atoms with E-state index in [9.17, 15) is 13.2 Å². The van der Waals surface area contributed by atoms with E-state index in [4.69, 9.17) is 0 Å². The van der Waals surface area contributed by atoms with Crippen molar-refractivity contribution in [3.63, 3.8) is 0 Å². The highest BCUT2D eigenvalue weighted by molar-refractivity contribution is 7.96. The molecule has 0 aliphatic heterocycles. The lowest BCUT2D eigenvalue weighted by atomic mass is 10.3. The molecule has 1 N–H and O–H groups in total. The lowest BCUT2D eigenvalue weighted by Gasteiger charge is -2.08. The van der Waals surface area contributed by atoms with Gasteiger partial charge in [-0.2, -0.15) is 0 Å². The summed E-state index contributed by atoms with van der Waals surface area (Å²) in [6.45, 7) is 3.25. The Kier molecular flexibility index (Phi) is 3.98. The molecule has 0 saturated carbocycles. The zero-order valence-corrected chi connectivity index (χ0v) is 10.7. The Hall–Kier alpha value is -1.01. The first-order valence-corrected chi connectivity index (χ1v) is 6.67. The van der Waals surface area contributed by atoms with Crippen molar-refractivity contribution < 1.29 is 13.2 Å². The maximum Gasteiger partial charge on any atom is 0.280 e. The van der Waals surface area contributed by atoms with E-state index in [1.807, 2.05) is 0 Å². The molecule has 1 aromatic rings. The van der Waals surface area contributed by atoms with E-state index in [1.54, 1.807) is 13.8 Å². The Bertz CT molecular complexity index is 477. The molecule has 4 nitrogen and oxygen atoms in total. The molecule has 0 saturated heterocycles. The zero-order valence-electron chi connectivity index (χ0n) is 8.97. The van der Waals surface area contributed by atoms with E-state index in [2.05, 4.69) is 17.9 Å². The summed E-state index contributed by atoms with van der Waals surface area (Å²) in [4.78, 5) is 10.9. The molecule has 1 amide bonds. The maximum atomic E-state index is 11.8. The molecule has 0 radical (unpaired) electrons. The molecule has 1 rings (SSSR count). The quantitative estimate of drug-likeness (QED) is 0.819. The highest BCUT2D eigenvalue weighted by Crippen LogP contribution is 2.18. The van der Waals surface area contributed by atoms with Crippen LogP contribution in [0.1, 0.15) is 13.8 Å². The van der Waals surface area contributed by atoms with E-state index in [0.29, 0.717) is 5.69 Å². The summed E-state index contributed by atoms with van der Waals surface area (Å²) in [6.07, 6.45) is 0. The number of hydrogen-bond donors (Lipinski definition) is 2. The molecule has 0 unspecified atom stereocenters. The second-order valence-corrected chi connectivity index (χ2v) is 6.46. The first-order valence-electron chi connectivity index (χ1n) is 4.68. The van der Waals surface area contributed by atoms with Gasteiger partial charge in [0.15, 0.2) is 9.84 Å². The molecule has 0 atom stereocenters. The van der Waals surface area contributed by atoms with Crippen molar-refractivity contribution in [3.05, 3.63) is 24.3 Å². The van der Waals surface area contributed by atoms with Crippen LogP contribution in [0.15, 0.2) is 29.2 Å². The van der Waals surface area contributed by atoms with Crippen molar-refractivity contribution in [1.82, 2.24) is 0 Å². The second-order valence-electron chi connectivity index (χ2n) is 3.55. The lowest BCUT2D eigenvalue weighted by molar-refractivity contribution is 0.270. The van der Waals surface area contributed by atoms with Crippen LogP contribution in [0, 0.1) is 0 Å². The first kappa shape index (κ1) is 13.1. The molecule has 0 fully saturated rings. The van der Waals surface area contributed by atoms with Gasteiger partial charge in [0.2, 0.25) is 0 Å². The van der Waals surface area contributed by atoms with Gasteiger partial charge in [0.05, 0.1) is 10.1 Å². The van der Waals surface area contributed by atoms with E-state index in [-0.39, 0.29) is 4.90 Å². The molecule has 0 aliphatic carbocycles. The van der Waals surface area contributed by atoms with Gasteiger partial charge in [-0.15, -0.1) is 0 Å². The third kappa shape index (κ3) is 2.99. The fourth-order valence-electron chi connectivity index (χ4n) is 1.12. The number of anilines is 1. The largest absolute Gasteiger partial charge is 0.317 e. The Morgan fingerprint density at radius 3 is 2.12 bits per heavy atom. The van der Waals surface area contributed by atoms with E-state index >= 15 is 0 Å². The Morgan fingerprint density at radius 2 is 1.75 bits per heavy atom. The van der Waals surface area contributed by atoms with Crippen LogP contribution in [0.2, 0.25) is 0 Å². The lowest BCUT2D eigenvalue weighted by Crippen LogP contribution is -2.13. The predicted molar refractivity (Wildman–Crippen MR) is 66.8 cm³/mol. The van der Waals surface area contributed by atoms with Crippen molar-refractivity contribution in [2.75, 3.05) is 5.32 Å². The summed E-state index contributed by atoms with van der Waals surface area (Å²) >= 11 is 3.56. The summed E-state index contributed by atoms with van der Waals surface area (Å²) in [6, 6.07) is 6.00. The van der Waals surface area contributed by atoms with Crippen LogP contribution in [0.5, 0.6) is 0 Å². The number of thiol groups is 1. The third-order valence-corrected chi connectivity index (χ3v) is 4.34. The molecular formula is C10H13NO3S2. The van der Waals surface area contributed by atoms with Crippen molar-refractivity contribution in [1.29, 1.82) is 0 Å². The van der Waals surface area contributed by atoms with Crippen LogP contribution in [0.25, 0.3) is 0 Å². The van der Waals surface area contributed by atoms with Crippen molar-refractivity contribution in [2.24, 2.45) is 0 Å². The van der Waals surface area contributed by atoms with Gasteiger partial charge in [0.1, 0.15) is 0 Å². The highest BCUT2D eigenvalue weighted by atomic mass is 32.2. The number of nitrogens with one attached hydrogen (secondary N) is 1. The summed E-state index contributed by atoms with van der Waals surface area (Å²) in [7, 11) is -3.25. The van der Waals surface area contributed by atoms with E-state index in [1.165, 1.54) is 24.3 Å². The fraction of sp³-hybridized carbons (Fsp3) is 0.300. The normalized spacial score (nSPS) is 11.5. The summed E-state index contributed by atoms with van der Waals surface area (Å²) < 4.78 is 23.5. The van der Waals surface area contributed by atoms with Gasteiger partial charge in [-0.1, -0.05) is 12.6 Å². The Labute approximate surface area is 100 Å². The van der Waals surface area contributed by atoms with Crippen LogP contribution in [-0.4, -0.2) is 18.9 Å². The average molecular weight is 259 g/mol. The molecule has 88 valence electrons. The SMILES string of the molecule is CC(C)S(=O)(=O)c1ccc(NC(=O)S)cc1. The van der Waals surface area contributed by atoms with Crippen LogP contribution in [0.3, 0.4) is 0 Å². The van der Waals surface area contributed by atoms with E-state index < -0.39 is 20.3 Å². The van der Waals surface area contributed by atoms with Crippen LogP contribution in [0.4, 0.5) is 10.5 Å². The molecule has 16 heavy (non-hydrogen) atoms. The van der Waals surface area contributed by atoms with Gasteiger partial charge < -0.3 is 5.32 Å². The minimum absolute atomic E-state index is 0.250. The molecule has 6 heteroatoms. The molecule has 0 heterocycles. The van der Waals surface area contributed by atoms with Gasteiger partial charge >= 0.3 is 0 Å². The number of benzene rings is 1. The number of sulfone groups is 1. The van der Waals surface area contributed by atoms with Crippen molar-refractivity contribution in [2.45, 2.75) is 24.0 Å². The minimum Gasteiger partial charge on any atom is -0.317 e. The second kappa shape index (κ2) is 4.88. The van der Waals surface area contributed by atoms with Gasteiger partial charge in [-0.3, -0.25) is 4.79 Å². The standard InChI is InChI=1S/C10H13NO3S2/c1-7(2)16(13,14)9-5-3-8(4-6-9)11-10(12)15/h3-7H,1-2H3,(H2,11,12,15). The number of carbonyl (C=O) groups excluding carboxylic acids is 1. The molecular weight excluding hydrogens is 246 g/mol. The summed E-state index contributed by atoms with van der Waals surface area (Å²) in [5.41, 5.74) is 0.516. The van der Waals surface area contributed by atoms with Gasteiger partial charge in [-0.05, 0) is 38.1 Å². The highest BCUT2D eigenvalue weighted by Gasteiger charge is 2.18. The average Bonchev–Trinajstić information content (AvgIpc) is 2.17. The smallest absolute Gasteiger partial charge is 0.280 e. The third-order valence-electron chi connectivity index (χ3n) is 2.05. The number of hydrogen-bond acceptors (Lipinski definition) is 3. The van der Waals surface area contributed by atoms with Crippen LogP contribution in [-0.2, 0) is 9.84 Å². The zero-order chi connectivity index (χ0) is 12.3. The summed E-state index contributed by atoms with van der Waals surface area (Å²) in [5, 5.41) is 1.50. The predicted octanol–water partition coefficient (Wildman–Crippen LogP) is 2.33. The minimum atomic E-state index is -3.25. The van der Waals surface area contributed by atoms with Crippen molar-refractivity contribution >= 4 is 33.4 Å². The Morgan fingerprint density at radius 1 is 1.25 bits per heavy atom. The molecule has 0 spiro atoms. The number of amides is 1. The van der Waals surface area contributed by atoms with Crippen molar-refractivity contribution in [3.8, 4) is 0 Å². The fourth-order valence-corrected chi connectivity index (χ4v) is 2.31. The van der Waals surface area contributed by atoms with Crippen LogP contribution < -0.4 is 5.32 Å². The number of rotatable bonds is 3. The first-order chi connectivity index (χ1) is 7.34. The maximum absolute atomic E-state index is 11.8. The topological polar surface area (TPSA) is 63.2 Å². The molecule has 0 aromatic heterocycles. The van der Waals surface area contributed by atoms with E-state index in [0.717, 1.165) is 0 Å². The number of carbonyl (C=O) groups is 1. The molecule has 0 aliphatic rings. The van der Waals surface area contributed by atoms with Gasteiger partial charge in [0, 0.05) is 5.69 Å². The Balaban J connectivity index is 3.00.